The number of halogens is 4. The Labute approximate surface area is 398 Å². The number of rotatable bonds is 15. The second-order valence-electron chi connectivity index (χ2n) is 17.4. The van der Waals surface area contributed by atoms with Gasteiger partial charge >= 0.3 is 0 Å². The summed E-state index contributed by atoms with van der Waals surface area (Å²) >= 11 is 1.53. The van der Waals surface area contributed by atoms with Crippen LogP contribution in [0.4, 0.5) is 34.6 Å². The zero-order valence-electron chi connectivity index (χ0n) is 38.4. The molecule has 1 aliphatic heterocycles. The molecule has 1 heterocycles. The monoisotopic (exact) mass is 989 g/mol. The number of thioether (sulfide) groups is 2. The molecule has 0 bridgehead atoms. The van der Waals surface area contributed by atoms with Crippen LogP contribution in [0.15, 0.2) is 121 Å². The van der Waals surface area contributed by atoms with Crippen molar-refractivity contribution in [3.05, 3.63) is 148 Å². The van der Waals surface area contributed by atoms with Crippen LogP contribution >= 0.6 is 23.5 Å². The lowest BCUT2D eigenvalue weighted by Crippen LogP contribution is -2.33. The van der Waals surface area contributed by atoms with Crippen LogP contribution in [0.25, 0.3) is 33.4 Å². The number of anilines is 2. The van der Waals surface area contributed by atoms with E-state index in [0.717, 1.165) is 51.5 Å². The van der Waals surface area contributed by atoms with Crippen LogP contribution in [-0.4, -0.2) is 28.2 Å². The summed E-state index contributed by atoms with van der Waals surface area (Å²) in [5.74, 6) is -7.47. The molecule has 0 atom stereocenters. The van der Waals surface area contributed by atoms with E-state index in [0.29, 0.717) is 50.7 Å². The molecule has 352 valence electrons. The van der Waals surface area contributed by atoms with Crippen LogP contribution < -0.4 is 14.8 Å². The highest BCUT2D eigenvalue weighted by atomic mass is 32.3. The SMILES string of the molecule is CSCSc1c(F)c(F)c(S(=O)(=O)NS(=O)(=O)c2ccccc2-c2c3cc/c(=N\c4c(C(C)C)cccc4C(C)C)cc-3oc3cc(Nc4c(C(C)C)cccc4C(C)C)ccc23)c(F)c1F. The molecule has 0 saturated carbocycles. The van der Waals surface area contributed by atoms with Crippen LogP contribution in [0.2, 0.25) is 0 Å². The number of fused-ring (bicyclic) bond motifs is 2. The number of nitrogens with zero attached hydrogens (tertiary/aromatic N) is 1. The number of benzene rings is 6. The summed E-state index contributed by atoms with van der Waals surface area (Å²) in [6, 6.07) is 28.4. The molecule has 67 heavy (non-hydrogen) atoms. The number of sulfonamides is 2. The minimum atomic E-state index is -5.83. The van der Waals surface area contributed by atoms with Gasteiger partial charge in [0, 0.05) is 50.7 Å². The standard InChI is InChI=1S/C51H51F4N3O5S4/c1-27(2)33-15-12-16-34(28(3)4)48(33)56-31-20-22-37-40(24-31)63-41-25-32(57-49-35(29(5)6)17-13-18-36(49)30(7)8)21-23-38(41)43(37)39-14-10-11-19-42(39)66(59,60)58-67(61,62)51-46(54)44(52)50(65-26-64-9)45(53)47(51)55/h10-25,27-30,56,58H,26H2,1-9H3/b57-32+. The third-order valence-corrected chi connectivity index (χ3v) is 17.0. The summed E-state index contributed by atoms with van der Waals surface area (Å²) < 4.78 is 125. The lowest BCUT2D eigenvalue weighted by molar-refractivity contribution is 0.395. The molecule has 8 nitrogen and oxygen atoms in total. The molecular formula is C51H51F4N3O5S4. The zero-order valence-corrected chi connectivity index (χ0v) is 41.7. The summed E-state index contributed by atoms with van der Waals surface area (Å²) in [6.45, 7) is 16.8. The van der Waals surface area contributed by atoms with Gasteiger partial charge in [-0.2, -0.15) is 11.8 Å². The molecule has 5 aromatic rings. The smallest absolute Gasteiger partial charge is 0.259 e. The van der Waals surface area contributed by atoms with Crippen molar-refractivity contribution in [2.75, 3.05) is 16.7 Å². The first-order valence-electron chi connectivity index (χ1n) is 21.6. The van der Waals surface area contributed by atoms with Crippen molar-refractivity contribution in [2.45, 2.75) is 93.7 Å². The average molecular weight is 990 g/mol. The Morgan fingerprint density at radius 2 is 1.19 bits per heavy atom. The molecule has 0 radical (unpaired) electrons. The van der Waals surface area contributed by atoms with Crippen LogP contribution in [0.3, 0.4) is 0 Å². The fourth-order valence-corrected chi connectivity index (χ4v) is 12.7. The summed E-state index contributed by atoms with van der Waals surface area (Å²) in [5.41, 5.74) is 7.81. The Hall–Kier alpha value is -5.13. The quantitative estimate of drug-likeness (QED) is 0.0343. The molecule has 5 aromatic carbocycles. The van der Waals surface area contributed by atoms with Gasteiger partial charge in [-0.25, -0.2) is 39.4 Å². The molecule has 0 unspecified atom stereocenters. The van der Waals surface area contributed by atoms with Gasteiger partial charge in [0.2, 0.25) is 0 Å². The topological polar surface area (TPSA) is 118 Å². The molecule has 7 rings (SSSR count). The molecule has 0 fully saturated rings. The van der Waals surface area contributed by atoms with Crippen LogP contribution in [0, 0.1) is 23.3 Å². The second-order valence-corrected chi connectivity index (χ2v) is 23.1. The second kappa shape index (κ2) is 19.8. The zero-order chi connectivity index (χ0) is 48.7. The summed E-state index contributed by atoms with van der Waals surface area (Å²) in [7, 11) is -11.1. The van der Waals surface area contributed by atoms with Gasteiger partial charge in [0.15, 0.2) is 28.2 Å². The number of hydrogen-bond donors (Lipinski definition) is 2. The molecule has 0 saturated heterocycles. The van der Waals surface area contributed by atoms with Crippen molar-refractivity contribution in [1.82, 2.24) is 4.13 Å². The Morgan fingerprint density at radius 3 is 1.76 bits per heavy atom. The molecule has 16 heteroatoms. The van der Waals surface area contributed by atoms with Gasteiger partial charge in [-0.1, -0.05) is 110 Å². The van der Waals surface area contributed by atoms with Crippen LogP contribution in [-0.2, 0) is 20.0 Å². The van der Waals surface area contributed by atoms with Crippen molar-refractivity contribution in [3.8, 4) is 22.5 Å². The maximum absolute atomic E-state index is 15.4. The summed E-state index contributed by atoms with van der Waals surface area (Å²) in [4.78, 5) is 1.35. The van der Waals surface area contributed by atoms with E-state index in [1.54, 1.807) is 42.7 Å². The van der Waals surface area contributed by atoms with E-state index < -0.39 is 58.0 Å². The van der Waals surface area contributed by atoms with E-state index in [-0.39, 0.29) is 34.3 Å². The van der Waals surface area contributed by atoms with E-state index in [4.69, 9.17) is 9.41 Å². The Morgan fingerprint density at radius 1 is 0.627 bits per heavy atom. The molecule has 0 aromatic heterocycles. The fraction of sp³-hybridized carbons (Fsp3) is 0.275. The maximum Gasteiger partial charge on any atom is 0.259 e. The van der Waals surface area contributed by atoms with Gasteiger partial charge in [-0.3, -0.25) is 0 Å². The number of nitrogens with one attached hydrogen (secondary N) is 2. The van der Waals surface area contributed by atoms with E-state index in [9.17, 15) is 16.8 Å². The van der Waals surface area contributed by atoms with Crippen LogP contribution in [0.1, 0.15) is 101 Å². The minimum Gasteiger partial charge on any atom is -0.456 e. The largest absolute Gasteiger partial charge is 0.456 e. The molecule has 1 aliphatic carbocycles. The highest BCUT2D eigenvalue weighted by Crippen LogP contribution is 2.45. The molecule has 0 amide bonds. The van der Waals surface area contributed by atoms with Gasteiger partial charge < -0.3 is 9.73 Å². The van der Waals surface area contributed by atoms with Gasteiger partial charge in [0.25, 0.3) is 20.0 Å². The van der Waals surface area contributed by atoms with Crippen molar-refractivity contribution in [3.63, 3.8) is 0 Å². The Kier molecular flexibility index (Phi) is 14.7. The maximum atomic E-state index is 15.4. The third kappa shape index (κ3) is 9.91. The highest BCUT2D eigenvalue weighted by Gasteiger charge is 2.37. The van der Waals surface area contributed by atoms with E-state index in [1.807, 2.05) is 30.3 Å². The predicted octanol–water partition coefficient (Wildman–Crippen LogP) is 14.3. The lowest BCUT2D eigenvalue weighted by atomic mass is 9.92. The predicted molar refractivity (Wildman–Crippen MR) is 264 cm³/mol. The first-order chi connectivity index (χ1) is 31.7. The van der Waals surface area contributed by atoms with Crippen molar-refractivity contribution < 1.29 is 38.8 Å². The first-order valence-corrected chi connectivity index (χ1v) is 26.9. The number of para-hydroxylation sites is 2. The van der Waals surface area contributed by atoms with Crippen molar-refractivity contribution >= 4 is 71.6 Å². The fourth-order valence-electron chi connectivity index (χ4n) is 8.14. The normalized spacial score (nSPS) is 12.8. The Bertz CT molecular complexity index is 3220. The summed E-state index contributed by atoms with van der Waals surface area (Å²) in [5, 5.41) is 4.59. The van der Waals surface area contributed by atoms with E-state index >= 15 is 17.6 Å². The van der Waals surface area contributed by atoms with Crippen LogP contribution in [0.5, 0.6) is 0 Å². The molecular weight excluding hydrogens is 939 g/mol. The molecule has 2 aliphatic rings. The van der Waals surface area contributed by atoms with Crippen molar-refractivity contribution in [1.29, 1.82) is 0 Å². The molecule has 0 spiro atoms. The van der Waals surface area contributed by atoms with Gasteiger partial charge in [0.05, 0.1) is 20.8 Å². The average Bonchev–Trinajstić information content (AvgIpc) is 3.27. The minimum absolute atomic E-state index is 0.0111. The lowest BCUT2D eigenvalue weighted by Gasteiger charge is -2.22. The van der Waals surface area contributed by atoms with E-state index in [2.05, 4.69) is 72.8 Å². The Balaban J connectivity index is 1.46. The third-order valence-electron chi connectivity index (χ3n) is 11.4. The van der Waals surface area contributed by atoms with E-state index in [1.165, 1.54) is 16.3 Å². The van der Waals surface area contributed by atoms with Gasteiger partial charge in [-0.15, -0.1) is 15.9 Å². The van der Waals surface area contributed by atoms with Crippen molar-refractivity contribution in [2.24, 2.45) is 4.99 Å². The molecule has 2 N–H and O–H groups in total. The number of hydrogen-bond acceptors (Lipinski definition) is 9. The first kappa shape index (κ1) is 49.8. The summed E-state index contributed by atoms with van der Waals surface area (Å²) in [6.07, 6.45) is 1.59. The highest BCUT2D eigenvalue weighted by molar-refractivity contribution is 8.15. The van der Waals surface area contributed by atoms with Gasteiger partial charge in [-0.05, 0) is 82.5 Å². The van der Waals surface area contributed by atoms with Gasteiger partial charge in [0.1, 0.15) is 11.3 Å².